The van der Waals surface area contributed by atoms with E-state index >= 15 is 0 Å². The summed E-state index contributed by atoms with van der Waals surface area (Å²) in [6, 6.07) is 10.6. The Balaban J connectivity index is 2.31. The molecular weight excluding hydrogens is 246 g/mol. The first kappa shape index (κ1) is 12.8. The summed E-state index contributed by atoms with van der Waals surface area (Å²) < 4.78 is 0. The average Bonchev–Trinajstić information content (AvgIpc) is 2.41. The fraction of sp³-hybridized carbons (Fsp3) is 0.286. The maximum absolute atomic E-state index is 6.03. The minimum Gasteiger partial charge on any atom is -0.353 e. The highest BCUT2D eigenvalue weighted by Crippen LogP contribution is 2.28. The van der Waals surface area contributed by atoms with Crippen LogP contribution in [0.3, 0.4) is 0 Å². The van der Waals surface area contributed by atoms with Crippen LogP contribution in [0.1, 0.15) is 24.1 Å². The number of aromatic nitrogens is 2. The molecule has 0 aliphatic carbocycles. The fourth-order valence-electron chi connectivity index (χ4n) is 1.91. The van der Waals surface area contributed by atoms with E-state index in [0.29, 0.717) is 5.15 Å². The summed E-state index contributed by atoms with van der Waals surface area (Å²) in [4.78, 5) is 10.4. The van der Waals surface area contributed by atoms with E-state index in [2.05, 4.69) is 33.9 Å². The van der Waals surface area contributed by atoms with Gasteiger partial charge in [-0.2, -0.15) is 0 Å². The molecule has 0 fully saturated rings. The molecule has 0 N–H and O–H groups in total. The van der Waals surface area contributed by atoms with Crippen LogP contribution in [-0.2, 0) is 0 Å². The first-order valence-corrected chi connectivity index (χ1v) is 6.24. The van der Waals surface area contributed by atoms with Gasteiger partial charge in [-0.3, -0.25) is 0 Å². The van der Waals surface area contributed by atoms with Crippen LogP contribution in [-0.4, -0.2) is 17.0 Å². The molecule has 1 unspecified atom stereocenters. The van der Waals surface area contributed by atoms with Crippen molar-refractivity contribution >= 4 is 17.4 Å². The van der Waals surface area contributed by atoms with E-state index in [0.717, 1.165) is 11.4 Å². The molecule has 0 aliphatic heterocycles. The molecule has 2 rings (SSSR count). The average molecular weight is 262 g/mol. The Morgan fingerprint density at radius 3 is 2.50 bits per heavy atom. The Morgan fingerprint density at radius 1 is 1.17 bits per heavy atom. The summed E-state index contributed by atoms with van der Waals surface area (Å²) in [5, 5.41) is 0.507. The van der Waals surface area contributed by atoms with Gasteiger partial charge in [0.05, 0.1) is 6.04 Å². The van der Waals surface area contributed by atoms with E-state index in [9.17, 15) is 0 Å². The molecule has 3 nitrogen and oxygen atoms in total. The zero-order valence-corrected chi connectivity index (χ0v) is 11.5. The van der Waals surface area contributed by atoms with Crippen molar-refractivity contribution in [3.8, 4) is 0 Å². The van der Waals surface area contributed by atoms with Crippen molar-refractivity contribution < 1.29 is 0 Å². The summed E-state index contributed by atoms with van der Waals surface area (Å²) in [6.07, 6.45) is 1.50. The van der Waals surface area contributed by atoms with Gasteiger partial charge in [0.15, 0.2) is 0 Å². The number of halogens is 1. The van der Waals surface area contributed by atoms with E-state index in [1.54, 1.807) is 0 Å². The Kier molecular flexibility index (Phi) is 3.82. The normalized spacial score (nSPS) is 12.2. The first-order valence-electron chi connectivity index (χ1n) is 5.86. The van der Waals surface area contributed by atoms with E-state index in [4.69, 9.17) is 11.6 Å². The van der Waals surface area contributed by atoms with Crippen LogP contribution in [0.5, 0.6) is 0 Å². The van der Waals surface area contributed by atoms with Crippen LogP contribution >= 0.6 is 11.6 Å². The van der Waals surface area contributed by atoms with Crippen molar-refractivity contribution in [2.45, 2.75) is 19.9 Å². The van der Waals surface area contributed by atoms with Crippen molar-refractivity contribution in [1.82, 2.24) is 9.97 Å². The topological polar surface area (TPSA) is 29.0 Å². The summed E-state index contributed by atoms with van der Waals surface area (Å²) in [6.45, 7) is 4.08. The third-order valence-corrected chi connectivity index (χ3v) is 3.57. The van der Waals surface area contributed by atoms with Gasteiger partial charge in [-0.05, 0) is 19.4 Å². The molecule has 94 valence electrons. The largest absolute Gasteiger partial charge is 0.353 e. The molecule has 0 aliphatic rings. The molecule has 18 heavy (non-hydrogen) atoms. The second-order valence-corrected chi connectivity index (χ2v) is 4.67. The summed E-state index contributed by atoms with van der Waals surface area (Å²) in [7, 11) is 2.02. The van der Waals surface area contributed by atoms with Gasteiger partial charge >= 0.3 is 0 Å². The van der Waals surface area contributed by atoms with Gasteiger partial charge in [-0.15, -0.1) is 0 Å². The molecule has 4 heteroatoms. The van der Waals surface area contributed by atoms with Crippen molar-refractivity contribution in [3.05, 3.63) is 52.9 Å². The van der Waals surface area contributed by atoms with E-state index in [1.807, 2.05) is 32.2 Å². The molecule has 0 spiro atoms. The highest BCUT2D eigenvalue weighted by atomic mass is 35.5. The van der Waals surface area contributed by atoms with E-state index in [1.165, 1.54) is 11.9 Å². The molecule has 0 saturated heterocycles. The predicted octanol–water partition coefficient (Wildman–Crippen LogP) is 3.64. The van der Waals surface area contributed by atoms with Crippen molar-refractivity contribution in [3.63, 3.8) is 0 Å². The lowest BCUT2D eigenvalue weighted by atomic mass is 10.1. The summed E-state index contributed by atoms with van der Waals surface area (Å²) >= 11 is 6.03. The second kappa shape index (κ2) is 5.36. The zero-order valence-electron chi connectivity index (χ0n) is 10.8. The van der Waals surface area contributed by atoms with Gasteiger partial charge in [0, 0.05) is 12.6 Å². The van der Waals surface area contributed by atoms with Crippen molar-refractivity contribution in [1.29, 1.82) is 0 Å². The molecule has 1 atom stereocenters. The van der Waals surface area contributed by atoms with Gasteiger partial charge < -0.3 is 4.90 Å². The van der Waals surface area contributed by atoms with Crippen LogP contribution < -0.4 is 4.90 Å². The lowest BCUT2D eigenvalue weighted by Crippen LogP contribution is -2.23. The van der Waals surface area contributed by atoms with Gasteiger partial charge in [0.1, 0.15) is 17.3 Å². The predicted molar refractivity (Wildman–Crippen MR) is 75.0 cm³/mol. The molecule has 0 radical (unpaired) electrons. The molecule has 0 bridgehead atoms. The molecule has 1 heterocycles. The van der Waals surface area contributed by atoms with Gasteiger partial charge in [0.25, 0.3) is 0 Å². The number of nitrogens with zero attached hydrogens (tertiary/aromatic N) is 3. The third kappa shape index (κ3) is 2.46. The number of rotatable bonds is 3. The number of anilines is 1. The lowest BCUT2D eigenvalue weighted by Gasteiger charge is -2.27. The minimum atomic E-state index is 0.232. The molecule has 1 aromatic heterocycles. The Morgan fingerprint density at radius 2 is 1.83 bits per heavy atom. The monoisotopic (exact) mass is 261 g/mol. The smallest absolute Gasteiger partial charge is 0.137 e. The van der Waals surface area contributed by atoms with Crippen LogP contribution in [0.2, 0.25) is 5.15 Å². The number of hydrogen-bond acceptors (Lipinski definition) is 3. The molecule has 1 aromatic carbocycles. The molecular formula is C14H16ClN3. The highest BCUT2D eigenvalue weighted by Gasteiger charge is 2.16. The third-order valence-electron chi connectivity index (χ3n) is 3.19. The number of benzene rings is 1. The first-order chi connectivity index (χ1) is 8.61. The summed E-state index contributed by atoms with van der Waals surface area (Å²) in [5.74, 6) is 0.867. The fourth-order valence-corrected chi connectivity index (χ4v) is 2.04. The van der Waals surface area contributed by atoms with E-state index < -0.39 is 0 Å². The SMILES string of the molecule is Cc1c(Cl)ncnc1N(C)C(C)c1ccccc1. The summed E-state index contributed by atoms with van der Waals surface area (Å²) in [5.41, 5.74) is 2.15. The maximum atomic E-state index is 6.03. The molecule has 0 saturated carbocycles. The standard InChI is InChI=1S/C14H16ClN3/c1-10-13(15)16-9-17-14(10)18(3)11(2)12-7-5-4-6-8-12/h4-9,11H,1-3H3. The van der Waals surface area contributed by atoms with Crippen LogP contribution in [0.25, 0.3) is 0 Å². The van der Waals surface area contributed by atoms with Crippen LogP contribution in [0.4, 0.5) is 5.82 Å². The van der Waals surface area contributed by atoms with Gasteiger partial charge in [-0.1, -0.05) is 41.9 Å². The van der Waals surface area contributed by atoms with Crippen molar-refractivity contribution in [2.24, 2.45) is 0 Å². The van der Waals surface area contributed by atoms with Crippen LogP contribution in [0, 0.1) is 6.92 Å². The quantitative estimate of drug-likeness (QED) is 0.790. The van der Waals surface area contributed by atoms with Gasteiger partial charge in [0.2, 0.25) is 0 Å². The highest BCUT2D eigenvalue weighted by molar-refractivity contribution is 6.30. The molecule has 0 amide bonds. The Labute approximate surface area is 112 Å². The zero-order chi connectivity index (χ0) is 13.1. The lowest BCUT2D eigenvalue weighted by molar-refractivity contribution is 0.724. The van der Waals surface area contributed by atoms with Gasteiger partial charge in [-0.25, -0.2) is 9.97 Å². The Hall–Kier alpha value is -1.61. The minimum absolute atomic E-state index is 0.232. The number of hydrogen-bond donors (Lipinski definition) is 0. The Bertz CT molecular complexity index is 528. The molecule has 2 aromatic rings. The van der Waals surface area contributed by atoms with E-state index in [-0.39, 0.29) is 6.04 Å². The van der Waals surface area contributed by atoms with Crippen molar-refractivity contribution in [2.75, 3.05) is 11.9 Å². The maximum Gasteiger partial charge on any atom is 0.137 e. The van der Waals surface area contributed by atoms with Crippen LogP contribution in [0.15, 0.2) is 36.7 Å². The second-order valence-electron chi connectivity index (χ2n) is 4.31.